The minimum atomic E-state index is -0.355. The number of nitrogens with zero attached hydrogens (tertiary/aromatic N) is 3. The molecule has 1 atom stereocenters. The summed E-state index contributed by atoms with van der Waals surface area (Å²) in [5.74, 6) is 0.331. The van der Waals surface area contributed by atoms with Gasteiger partial charge in [0, 0.05) is 24.6 Å². The topological polar surface area (TPSA) is 61.5 Å². The molecule has 156 valence electrons. The first-order valence-electron chi connectivity index (χ1n) is 10.5. The molecule has 4 rings (SSSR count). The summed E-state index contributed by atoms with van der Waals surface area (Å²) in [4.78, 5) is 17.4. The molecule has 0 spiro atoms. The number of amides is 1. The van der Waals surface area contributed by atoms with Crippen molar-refractivity contribution >= 4 is 5.91 Å². The van der Waals surface area contributed by atoms with Crippen LogP contribution in [0.3, 0.4) is 0 Å². The Bertz CT molecular complexity index is 832. The molecule has 2 aromatic rings. The fourth-order valence-corrected chi connectivity index (χ4v) is 4.34. The van der Waals surface area contributed by atoms with Gasteiger partial charge in [-0.2, -0.15) is 5.10 Å². The number of aromatic nitrogens is 2. The lowest BCUT2D eigenvalue weighted by molar-refractivity contribution is -0.138. The number of ether oxygens (including phenoxy) is 1. The molecule has 2 fully saturated rings. The Morgan fingerprint density at radius 3 is 2.83 bits per heavy atom. The number of rotatable bonds is 6. The zero-order valence-electron chi connectivity index (χ0n) is 16.9. The minimum absolute atomic E-state index is 0.0552. The first-order chi connectivity index (χ1) is 14.1. The van der Waals surface area contributed by atoms with E-state index >= 15 is 0 Å². The number of H-pyrrole nitrogens is 1. The van der Waals surface area contributed by atoms with E-state index in [0.29, 0.717) is 13.0 Å². The van der Waals surface area contributed by atoms with Crippen LogP contribution in [0.25, 0.3) is 0 Å². The van der Waals surface area contributed by atoms with Gasteiger partial charge in [0.15, 0.2) is 11.6 Å². The quantitative estimate of drug-likeness (QED) is 0.809. The van der Waals surface area contributed by atoms with Crippen molar-refractivity contribution in [2.24, 2.45) is 5.92 Å². The Hall–Kier alpha value is -2.41. The van der Waals surface area contributed by atoms with Crippen molar-refractivity contribution < 1.29 is 13.9 Å². The molecule has 1 aromatic carbocycles. The van der Waals surface area contributed by atoms with Crippen LogP contribution in [-0.4, -0.2) is 59.2 Å². The molecule has 1 N–H and O–H groups in total. The van der Waals surface area contributed by atoms with E-state index in [-0.39, 0.29) is 29.4 Å². The van der Waals surface area contributed by atoms with Crippen LogP contribution in [0.5, 0.6) is 5.75 Å². The van der Waals surface area contributed by atoms with E-state index in [4.69, 9.17) is 4.74 Å². The van der Waals surface area contributed by atoms with E-state index in [1.165, 1.54) is 6.07 Å². The first-order valence-corrected chi connectivity index (χ1v) is 10.5. The molecule has 3 heterocycles. The number of carbonyl (C=O) groups excluding carboxylic acids is 1. The van der Waals surface area contributed by atoms with Gasteiger partial charge in [0.1, 0.15) is 0 Å². The zero-order chi connectivity index (χ0) is 20.2. The molecule has 0 unspecified atom stereocenters. The highest BCUT2D eigenvalue weighted by molar-refractivity contribution is 5.79. The molecular formula is C22H29FN4O2. The molecule has 0 bridgehead atoms. The highest BCUT2D eigenvalue weighted by Gasteiger charge is 2.36. The third kappa shape index (κ3) is 4.61. The Morgan fingerprint density at radius 1 is 1.24 bits per heavy atom. The second kappa shape index (κ2) is 8.95. The van der Waals surface area contributed by atoms with Gasteiger partial charge in [0.05, 0.1) is 18.3 Å². The predicted octanol–water partition coefficient (Wildman–Crippen LogP) is 3.18. The lowest BCUT2D eigenvalue weighted by Gasteiger charge is -2.33. The minimum Gasteiger partial charge on any atom is -0.490 e. The summed E-state index contributed by atoms with van der Waals surface area (Å²) in [6.07, 6.45) is 4.46. The predicted molar refractivity (Wildman–Crippen MR) is 108 cm³/mol. The molecule has 2 aliphatic rings. The van der Waals surface area contributed by atoms with E-state index in [2.05, 4.69) is 22.1 Å². The number of likely N-dealkylation sites (tertiary alicyclic amines) is 2. The van der Waals surface area contributed by atoms with Crippen LogP contribution in [0, 0.1) is 11.7 Å². The number of benzene rings is 1. The van der Waals surface area contributed by atoms with Crippen LogP contribution in [0.15, 0.2) is 30.3 Å². The van der Waals surface area contributed by atoms with Crippen LogP contribution < -0.4 is 4.74 Å². The number of aromatic amines is 1. The lowest BCUT2D eigenvalue weighted by Crippen LogP contribution is -2.41. The maximum absolute atomic E-state index is 13.6. The average Bonchev–Trinajstić information content (AvgIpc) is 3.39. The van der Waals surface area contributed by atoms with Crippen molar-refractivity contribution in [3.63, 3.8) is 0 Å². The van der Waals surface area contributed by atoms with Gasteiger partial charge in [-0.3, -0.25) is 9.89 Å². The summed E-state index contributed by atoms with van der Waals surface area (Å²) in [5.41, 5.74) is 1.86. The molecule has 2 saturated heterocycles. The number of halogens is 1. The van der Waals surface area contributed by atoms with Gasteiger partial charge >= 0.3 is 0 Å². The largest absolute Gasteiger partial charge is 0.490 e. The van der Waals surface area contributed by atoms with Crippen molar-refractivity contribution in [2.45, 2.75) is 38.1 Å². The molecule has 0 saturated carbocycles. The molecule has 0 radical (unpaired) electrons. The van der Waals surface area contributed by atoms with Crippen LogP contribution >= 0.6 is 0 Å². The molecule has 6 nitrogen and oxygen atoms in total. The highest BCUT2D eigenvalue weighted by Crippen LogP contribution is 2.34. The van der Waals surface area contributed by atoms with Crippen molar-refractivity contribution in [1.29, 1.82) is 0 Å². The van der Waals surface area contributed by atoms with Crippen molar-refractivity contribution in [3.8, 4) is 5.75 Å². The average molecular weight is 400 g/mol. The molecule has 1 aromatic heterocycles. The number of carbonyl (C=O) groups is 1. The molecular weight excluding hydrogens is 371 g/mol. The van der Waals surface area contributed by atoms with Gasteiger partial charge in [0.2, 0.25) is 5.91 Å². The van der Waals surface area contributed by atoms with Crippen LogP contribution in [0.2, 0.25) is 0 Å². The summed E-state index contributed by atoms with van der Waals surface area (Å²) in [6, 6.07) is 8.49. The van der Waals surface area contributed by atoms with Crippen LogP contribution in [-0.2, 0) is 11.2 Å². The van der Waals surface area contributed by atoms with Crippen molar-refractivity contribution in [2.75, 3.05) is 33.3 Å². The number of piperidine rings is 1. The number of para-hydroxylation sites is 1. The maximum atomic E-state index is 13.6. The summed E-state index contributed by atoms with van der Waals surface area (Å²) in [5, 5.41) is 7.53. The fraction of sp³-hybridized carbons (Fsp3) is 0.545. The van der Waals surface area contributed by atoms with Gasteiger partial charge in [-0.05, 0) is 64.0 Å². The highest BCUT2D eigenvalue weighted by atomic mass is 19.1. The second-order valence-electron chi connectivity index (χ2n) is 8.11. The Kier molecular flexibility index (Phi) is 6.13. The van der Waals surface area contributed by atoms with E-state index in [1.807, 2.05) is 11.0 Å². The van der Waals surface area contributed by atoms with E-state index in [0.717, 1.165) is 56.7 Å². The van der Waals surface area contributed by atoms with E-state index in [1.54, 1.807) is 18.2 Å². The molecule has 0 aliphatic carbocycles. The maximum Gasteiger partial charge on any atom is 0.226 e. The van der Waals surface area contributed by atoms with Gasteiger partial charge < -0.3 is 14.5 Å². The smallest absolute Gasteiger partial charge is 0.226 e. The lowest BCUT2D eigenvalue weighted by atomic mass is 9.95. The molecule has 2 aliphatic heterocycles. The summed E-state index contributed by atoms with van der Waals surface area (Å²) >= 11 is 0. The van der Waals surface area contributed by atoms with E-state index in [9.17, 15) is 9.18 Å². The van der Waals surface area contributed by atoms with Gasteiger partial charge in [-0.25, -0.2) is 4.39 Å². The van der Waals surface area contributed by atoms with Crippen molar-refractivity contribution in [1.82, 2.24) is 20.0 Å². The Labute approximate surface area is 171 Å². The number of nitrogens with one attached hydrogen (secondary N) is 1. The second-order valence-corrected chi connectivity index (χ2v) is 8.11. The monoisotopic (exact) mass is 400 g/mol. The Balaban J connectivity index is 1.34. The first kappa shape index (κ1) is 19.9. The van der Waals surface area contributed by atoms with Gasteiger partial charge in [-0.15, -0.1) is 0 Å². The van der Waals surface area contributed by atoms with Crippen LogP contribution in [0.4, 0.5) is 4.39 Å². The van der Waals surface area contributed by atoms with Crippen LogP contribution in [0.1, 0.15) is 43.1 Å². The zero-order valence-corrected chi connectivity index (χ0v) is 16.9. The Morgan fingerprint density at radius 2 is 2.03 bits per heavy atom. The summed E-state index contributed by atoms with van der Waals surface area (Å²) in [7, 11) is 2.11. The number of hydrogen-bond donors (Lipinski definition) is 1. The van der Waals surface area contributed by atoms with Gasteiger partial charge in [0.25, 0.3) is 0 Å². The fourth-order valence-electron chi connectivity index (χ4n) is 4.34. The summed E-state index contributed by atoms with van der Waals surface area (Å²) in [6.45, 7) is 3.16. The third-order valence-corrected chi connectivity index (χ3v) is 6.06. The molecule has 7 heteroatoms. The standard InChI is InChI=1S/C22H29FN4O2/c1-26-12-8-16(9-13-26)22(28)27-11-4-6-20(27)19-15-17(24-25-19)10-14-29-21-7-3-2-5-18(21)23/h2-3,5,7,15-16,20H,4,6,8-14H2,1H3,(H,24,25)/t20-/m1/s1. The van der Waals surface area contributed by atoms with E-state index < -0.39 is 0 Å². The van der Waals surface area contributed by atoms with Crippen molar-refractivity contribution in [3.05, 3.63) is 47.5 Å². The molecule has 1 amide bonds. The molecule has 29 heavy (non-hydrogen) atoms. The number of hydrogen-bond acceptors (Lipinski definition) is 4. The third-order valence-electron chi connectivity index (χ3n) is 6.06. The normalized spacial score (nSPS) is 20.9. The summed E-state index contributed by atoms with van der Waals surface area (Å²) < 4.78 is 19.2. The SMILES string of the molecule is CN1CCC(C(=O)N2CCC[C@@H]2c2cc(CCOc3ccccc3F)[nH]n2)CC1. The van der Waals surface area contributed by atoms with Gasteiger partial charge in [-0.1, -0.05) is 12.1 Å².